The lowest BCUT2D eigenvalue weighted by Gasteiger charge is -2.37. The molecule has 0 saturated heterocycles. The average Bonchev–Trinajstić information content (AvgIpc) is 2.76. The van der Waals surface area contributed by atoms with Gasteiger partial charge in [0.05, 0.1) is 15.5 Å². The molecule has 221 valence electrons. The quantitative estimate of drug-likeness (QED) is 0.265. The molecular formula is C34H52O4PSi. The van der Waals surface area contributed by atoms with Gasteiger partial charge in [0.2, 0.25) is 0 Å². The van der Waals surface area contributed by atoms with E-state index in [1.54, 1.807) is 0 Å². The molecule has 0 unspecified atom stereocenters. The summed E-state index contributed by atoms with van der Waals surface area (Å²) < 4.78 is 34.4. The Bertz CT molecular complexity index is 1210. The van der Waals surface area contributed by atoms with Crippen LogP contribution in [-0.2, 0) is 37.2 Å². The first-order valence-electron chi connectivity index (χ1n) is 14.7. The summed E-state index contributed by atoms with van der Waals surface area (Å²) in [4.78, 5) is 0. The van der Waals surface area contributed by atoms with Crippen molar-refractivity contribution < 1.29 is 18.1 Å². The summed E-state index contributed by atoms with van der Waals surface area (Å²) in [7, 11) is -0.377. The Hall–Kier alpha value is -1.55. The lowest BCUT2D eigenvalue weighted by atomic mass is 9.76. The predicted octanol–water partition coefficient (Wildman–Crippen LogP) is 10.0. The third kappa shape index (κ3) is 7.08. The second-order valence-corrected chi connectivity index (χ2v) is 18.0. The van der Waals surface area contributed by atoms with E-state index < -0.39 is 13.0 Å². The summed E-state index contributed by atoms with van der Waals surface area (Å²) in [6.45, 7) is 30.4. The van der Waals surface area contributed by atoms with Crippen molar-refractivity contribution in [3.63, 3.8) is 0 Å². The summed E-state index contributed by atoms with van der Waals surface area (Å²) in [5.41, 5.74) is 5.78. The molecule has 40 heavy (non-hydrogen) atoms. The Balaban J connectivity index is 2.50. The molecule has 0 bridgehead atoms. The molecule has 0 aliphatic carbocycles. The van der Waals surface area contributed by atoms with Gasteiger partial charge in [0.25, 0.3) is 0 Å². The third-order valence-corrected chi connectivity index (χ3v) is 10.3. The first kappa shape index (κ1) is 33.0. The van der Waals surface area contributed by atoms with Crippen LogP contribution in [0.15, 0.2) is 24.3 Å². The molecule has 0 atom stereocenters. The van der Waals surface area contributed by atoms with E-state index in [9.17, 15) is 4.57 Å². The molecule has 0 amide bonds. The highest BCUT2D eigenvalue weighted by atomic mass is 31.2. The summed E-state index contributed by atoms with van der Waals surface area (Å²) in [6.07, 6.45) is 1.80. The molecule has 2 aromatic carbocycles. The Labute approximate surface area is 248 Å². The maximum Gasteiger partial charge on any atom is 0.587 e. The van der Waals surface area contributed by atoms with E-state index >= 15 is 0 Å². The molecule has 0 saturated carbocycles. The van der Waals surface area contributed by atoms with Gasteiger partial charge in [-0.05, 0) is 56.8 Å². The fraction of sp³-hybridized carbons (Fsp3) is 0.647. The minimum atomic E-state index is -4.16. The van der Waals surface area contributed by atoms with Gasteiger partial charge in [0, 0.05) is 17.5 Å². The highest BCUT2D eigenvalue weighted by Gasteiger charge is 2.44. The van der Waals surface area contributed by atoms with Gasteiger partial charge in [-0.15, -0.1) is 0 Å². The molecule has 0 aromatic heterocycles. The van der Waals surface area contributed by atoms with E-state index in [4.69, 9.17) is 13.6 Å². The van der Waals surface area contributed by atoms with Gasteiger partial charge in [-0.1, -0.05) is 121 Å². The topological polar surface area (TPSA) is 44.8 Å². The summed E-state index contributed by atoms with van der Waals surface area (Å²) >= 11 is 0. The normalized spacial score (nSPS) is 16.3. The zero-order valence-electron chi connectivity index (χ0n) is 27.5. The molecule has 4 nitrogen and oxygen atoms in total. The maximum atomic E-state index is 14.9. The smallest absolute Gasteiger partial charge is 0.394 e. The van der Waals surface area contributed by atoms with Gasteiger partial charge < -0.3 is 9.05 Å². The minimum Gasteiger partial charge on any atom is -0.394 e. The molecule has 0 spiro atoms. The van der Waals surface area contributed by atoms with E-state index in [0.717, 1.165) is 22.3 Å². The standard InChI is InChI=1S/C34H52O4PSi/c1-15-34(40,16-2)38-39(35)36-28-22(18-24(30(3,4)5)20-26(28)32(9,10)11)17-23-19-25(31(6,7)8)21-27(29(23)37-39)33(12,13)14/h18-21H,15-17H2,1-14H3. The SMILES string of the molecule is CCC([Si])(CC)OP1(=O)Oc2c(cc(C(C)(C)C)cc2C(C)(C)C)Cc2cc(C(C)(C)C)cc(C(C)(C)C)c2O1. The van der Waals surface area contributed by atoms with Crippen molar-refractivity contribution in [2.45, 2.75) is 143 Å². The molecule has 1 aliphatic rings. The number of hydrogen-bond acceptors (Lipinski definition) is 4. The van der Waals surface area contributed by atoms with Crippen LogP contribution >= 0.6 is 7.82 Å². The van der Waals surface area contributed by atoms with Crippen LogP contribution in [0.5, 0.6) is 11.5 Å². The molecule has 0 fully saturated rings. The van der Waals surface area contributed by atoms with Crippen molar-refractivity contribution in [2.75, 3.05) is 0 Å². The summed E-state index contributed by atoms with van der Waals surface area (Å²) in [6, 6.07) is 8.87. The van der Waals surface area contributed by atoms with Gasteiger partial charge in [0.15, 0.2) is 0 Å². The second kappa shape index (κ2) is 10.6. The number of rotatable bonds is 4. The van der Waals surface area contributed by atoms with Crippen molar-refractivity contribution in [2.24, 2.45) is 0 Å². The third-order valence-electron chi connectivity index (χ3n) is 7.90. The fourth-order valence-electron chi connectivity index (χ4n) is 4.91. The minimum absolute atomic E-state index is 0.0735. The van der Waals surface area contributed by atoms with Crippen LogP contribution in [0.1, 0.15) is 143 Å². The molecule has 6 heteroatoms. The van der Waals surface area contributed by atoms with E-state index in [2.05, 4.69) is 118 Å². The van der Waals surface area contributed by atoms with Gasteiger partial charge in [-0.3, -0.25) is 4.52 Å². The number of phosphoric ester groups is 1. The second-order valence-electron chi connectivity index (χ2n) is 15.6. The van der Waals surface area contributed by atoms with Crippen LogP contribution in [0.3, 0.4) is 0 Å². The fourth-order valence-corrected chi connectivity index (χ4v) is 6.93. The summed E-state index contributed by atoms with van der Waals surface area (Å²) in [5.74, 6) is 1.21. The number of benzene rings is 2. The lowest BCUT2D eigenvalue weighted by Crippen LogP contribution is -2.33. The first-order chi connectivity index (χ1) is 17.9. The largest absolute Gasteiger partial charge is 0.587 e. The van der Waals surface area contributed by atoms with Gasteiger partial charge in [-0.25, -0.2) is 4.57 Å². The van der Waals surface area contributed by atoms with Crippen molar-refractivity contribution in [3.05, 3.63) is 57.6 Å². The zero-order valence-corrected chi connectivity index (χ0v) is 29.4. The van der Waals surface area contributed by atoms with Crippen LogP contribution in [0.25, 0.3) is 0 Å². The van der Waals surface area contributed by atoms with E-state index in [0.29, 0.717) is 30.8 Å². The Morgan fingerprint density at radius 1 is 0.675 bits per heavy atom. The Kier molecular flexibility index (Phi) is 8.75. The van der Waals surface area contributed by atoms with Crippen LogP contribution in [0.2, 0.25) is 0 Å². The highest BCUT2D eigenvalue weighted by Crippen LogP contribution is 2.59. The maximum absolute atomic E-state index is 14.9. The van der Waals surface area contributed by atoms with Gasteiger partial charge in [0.1, 0.15) is 11.5 Å². The number of phosphoric acid groups is 1. The van der Waals surface area contributed by atoms with Crippen molar-refractivity contribution >= 4 is 18.1 Å². The van der Waals surface area contributed by atoms with E-state index in [1.165, 1.54) is 11.1 Å². The van der Waals surface area contributed by atoms with Crippen molar-refractivity contribution in [1.82, 2.24) is 0 Å². The van der Waals surface area contributed by atoms with E-state index in [-0.39, 0.29) is 21.7 Å². The van der Waals surface area contributed by atoms with Gasteiger partial charge >= 0.3 is 7.82 Å². The molecule has 0 N–H and O–H groups in total. The molecule has 1 aliphatic heterocycles. The van der Waals surface area contributed by atoms with Crippen LogP contribution in [0.4, 0.5) is 0 Å². The van der Waals surface area contributed by atoms with Crippen molar-refractivity contribution in [3.8, 4) is 11.5 Å². The molecule has 3 radical (unpaired) electrons. The molecular weight excluding hydrogens is 531 g/mol. The number of fused-ring (bicyclic) bond motifs is 2. The monoisotopic (exact) mass is 583 g/mol. The first-order valence-corrected chi connectivity index (χ1v) is 16.7. The van der Waals surface area contributed by atoms with E-state index in [1.807, 2.05) is 13.8 Å². The van der Waals surface area contributed by atoms with Crippen LogP contribution in [0, 0.1) is 0 Å². The Morgan fingerprint density at radius 2 is 1.02 bits per heavy atom. The van der Waals surface area contributed by atoms with Crippen LogP contribution in [-0.4, -0.2) is 15.5 Å². The average molecular weight is 584 g/mol. The predicted molar refractivity (Wildman–Crippen MR) is 170 cm³/mol. The zero-order chi connectivity index (χ0) is 30.7. The van der Waals surface area contributed by atoms with Crippen LogP contribution < -0.4 is 9.05 Å². The Morgan fingerprint density at radius 3 is 1.30 bits per heavy atom. The molecule has 2 aromatic rings. The molecule has 1 heterocycles. The highest BCUT2D eigenvalue weighted by molar-refractivity contribution is 7.49. The lowest BCUT2D eigenvalue weighted by molar-refractivity contribution is 0.100. The molecule has 3 rings (SSSR count). The summed E-state index contributed by atoms with van der Waals surface area (Å²) in [5, 5.41) is -0.852. The van der Waals surface area contributed by atoms with Crippen molar-refractivity contribution in [1.29, 1.82) is 0 Å². The number of hydrogen-bond donors (Lipinski definition) is 0. The van der Waals surface area contributed by atoms with Gasteiger partial charge in [-0.2, -0.15) is 0 Å².